The van der Waals surface area contributed by atoms with Crippen LogP contribution in [0.25, 0.3) is 75.8 Å². The van der Waals surface area contributed by atoms with Gasteiger partial charge in [-0.15, -0.1) is 0 Å². The molecule has 0 unspecified atom stereocenters. The molecule has 9 heteroatoms. The average molecular weight is 1170 g/mol. The fraction of sp³-hybridized carbons (Fsp3) is 0.0366. The number of rotatable bonds is 12. The molecule has 0 spiro atoms. The van der Waals surface area contributed by atoms with Gasteiger partial charge in [0.1, 0.15) is 5.82 Å². The molecular weight excluding hydrogens is 1110 g/mol. The topological polar surface area (TPSA) is 77.4 Å². The van der Waals surface area contributed by atoms with Crippen LogP contribution in [0.3, 0.4) is 0 Å². The third-order valence-corrected chi connectivity index (χ3v) is 18.3. The Labute approximate surface area is 526 Å². The Bertz CT molecular complexity index is 5470. The van der Waals surface area contributed by atoms with Gasteiger partial charge in [0.15, 0.2) is 0 Å². The summed E-state index contributed by atoms with van der Waals surface area (Å²) in [5.41, 5.74) is 15.1. The summed E-state index contributed by atoms with van der Waals surface area (Å²) in [6.07, 6.45) is 17.7. The van der Waals surface area contributed by atoms with Crippen LogP contribution in [-0.4, -0.2) is 24.9 Å². The summed E-state index contributed by atoms with van der Waals surface area (Å²) in [4.78, 5) is 34.6. The van der Waals surface area contributed by atoms with Gasteiger partial charge >= 0.3 is 0 Å². The number of nitrogens with zero attached hydrogens (tertiary/aromatic N) is 9. The van der Waals surface area contributed by atoms with E-state index in [0.29, 0.717) is 0 Å². The molecule has 16 aromatic rings. The van der Waals surface area contributed by atoms with E-state index < -0.39 is 5.41 Å². The zero-order valence-electron chi connectivity index (χ0n) is 50.0. The van der Waals surface area contributed by atoms with Gasteiger partial charge in [0, 0.05) is 129 Å². The zero-order valence-corrected chi connectivity index (χ0v) is 50.0. The maximum atomic E-state index is 5.30. The van der Waals surface area contributed by atoms with E-state index in [1.807, 2.05) is 61.8 Å². The van der Waals surface area contributed by atoms with Crippen molar-refractivity contribution in [3.8, 4) is 11.1 Å². The maximum absolute atomic E-state index is 5.30. The Morgan fingerprint density at radius 1 is 0.264 bits per heavy atom. The Morgan fingerprint density at radius 2 is 0.648 bits per heavy atom. The van der Waals surface area contributed by atoms with E-state index in [-0.39, 0.29) is 0 Å². The Morgan fingerprint density at radius 3 is 1.14 bits per heavy atom. The van der Waals surface area contributed by atoms with Crippen molar-refractivity contribution in [3.05, 3.63) is 322 Å². The maximum Gasteiger partial charge on any atom is 0.137 e. The second kappa shape index (κ2) is 21.7. The number of hydrogen-bond donors (Lipinski definition) is 0. The van der Waals surface area contributed by atoms with E-state index >= 15 is 0 Å². The Kier molecular flexibility index (Phi) is 12.7. The summed E-state index contributed by atoms with van der Waals surface area (Å²) >= 11 is 0. The number of hydrogen-bond acceptors (Lipinski definition) is 9. The van der Waals surface area contributed by atoms with Crippen LogP contribution >= 0.6 is 0 Å². The number of fused-ring (bicyclic) bond motifs is 9. The summed E-state index contributed by atoms with van der Waals surface area (Å²) in [6.45, 7) is 4.78. The molecule has 91 heavy (non-hydrogen) atoms. The zero-order chi connectivity index (χ0) is 60.6. The molecule has 0 saturated heterocycles. The first kappa shape index (κ1) is 53.2. The van der Waals surface area contributed by atoms with Crippen molar-refractivity contribution < 1.29 is 0 Å². The first-order valence-corrected chi connectivity index (χ1v) is 30.8. The SMILES string of the molecule is CC1(C)c2cc(N(c3ccccc3)c3cncc4ccccc34)ccc2-c2cc3c(N(c4ccccn4)c4cncc5ccccc45)c4cc(N(c5ccccc5)c5cncc6ccccc56)ccc4c(N(c4ccccc4)c4cncc5ccccc45)c3cc21. The number of aromatic nitrogens is 5. The lowest BCUT2D eigenvalue weighted by molar-refractivity contribution is 0.661. The van der Waals surface area contributed by atoms with Gasteiger partial charge < -0.3 is 14.7 Å². The first-order valence-electron chi connectivity index (χ1n) is 30.8. The predicted octanol–water partition coefficient (Wildman–Crippen LogP) is 21.8. The molecule has 0 aliphatic heterocycles. The van der Waals surface area contributed by atoms with Gasteiger partial charge in [0.05, 0.1) is 58.9 Å². The third-order valence-electron chi connectivity index (χ3n) is 18.3. The second-order valence-electron chi connectivity index (χ2n) is 23.8. The van der Waals surface area contributed by atoms with E-state index in [0.717, 1.165) is 139 Å². The predicted molar refractivity (Wildman–Crippen MR) is 377 cm³/mol. The smallest absolute Gasteiger partial charge is 0.137 e. The lowest BCUT2D eigenvalue weighted by Gasteiger charge is -2.34. The molecule has 17 rings (SSSR count). The average Bonchev–Trinajstić information content (AvgIpc) is 1.88. The van der Waals surface area contributed by atoms with Crippen molar-refractivity contribution in [2.75, 3.05) is 19.6 Å². The lowest BCUT2D eigenvalue weighted by atomic mass is 9.81. The molecule has 5 aromatic heterocycles. The summed E-state index contributed by atoms with van der Waals surface area (Å²) in [5.74, 6) is 0.743. The molecule has 0 fully saturated rings. The van der Waals surface area contributed by atoms with Crippen molar-refractivity contribution >= 4 is 133 Å². The van der Waals surface area contributed by atoms with Crippen LogP contribution in [0.1, 0.15) is 25.0 Å². The van der Waals surface area contributed by atoms with Crippen LogP contribution in [0, 0.1) is 0 Å². The van der Waals surface area contributed by atoms with Gasteiger partial charge in [0.25, 0.3) is 0 Å². The highest BCUT2D eigenvalue weighted by atomic mass is 15.2. The molecule has 430 valence electrons. The summed E-state index contributed by atoms with van der Waals surface area (Å²) in [6, 6.07) is 91.4. The molecule has 0 amide bonds. The standard InChI is InChI=1S/C82H57N9/c1-82(2)73-43-62(89(59-28-8-4-9-29-59)76-51-84-47-55-23-13-17-33-64(55)76)37-39-67(73)69-44-71-72(45-74(69)82)80(90(60-30-10-5-11-31-60)77-52-85-48-56-24-14-18-34-65(56)77)68-40-38-61(88(58-26-6-3-7-27-58)75-50-83-46-54-22-12-16-32-63(54)75)42-70(68)81(71)91(79-36-20-21-41-87-79)78-53-86-49-57-25-15-19-35-66(57)78/h3-53H,1-2H3. The Balaban J connectivity index is 1.03. The van der Waals surface area contributed by atoms with Crippen LogP contribution in [0.15, 0.2) is 311 Å². The summed E-state index contributed by atoms with van der Waals surface area (Å²) in [7, 11) is 0. The third kappa shape index (κ3) is 8.80. The molecule has 1 aliphatic carbocycles. The van der Waals surface area contributed by atoms with Crippen molar-refractivity contribution in [1.29, 1.82) is 0 Å². The van der Waals surface area contributed by atoms with Crippen molar-refractivity contribution in [2.45, 2.75) is 19.3 Å². The fourth-order valence-corrected chi connectivity index (χ4v) is 14.1. The Hall–Kier alpha value is -12.1. The number of benzene rings is 11. The molecule has 5 heterocycles. The van der Waals surface area contributed by atoms with Gasteiger partial charge in [-0.3, -0.25) is 24.8 Å². The first-order chi connectivity index (χ1) is 44.9. The molecule has 0 bridgehead atoms. The van der Waals surface area contributed by atoms with Crippen LogP contribution in [0.5, 0.6) is 0 Å². The van der Waals surface area contributed by atoms with Crippen molar-refractivity contribution in [2.24, 2.45) is 0 Å². The quantitative estimate of drug-likeness (QED) is 0.0878. The van der Waals surface area contributed by atoms with Gasteiger partial charge in [0.2, 0.25) is 0 Å². The minimum atomic E-state index is -0.494. The highest BCUT2D eigenvalue weighted by Gasteiger charge is 2.39. The lowest BCUT2D eigenvalue weighted by Crippen LogP contribution is -2.18. The molecule has 1 aliphatic rings. The van der Waals surface area contributed by atoms with E-state index in [4.69, 9.17) is 24.9 Å². The van der Waals surface area contributed by atoms with Gasteiger partial charge in [-0.2, -0.15) is 0 Å². The van der Waals surface area contributed by atoms with Crippen LogP contribution in [0.2, 0.25) is 0 Å². The minimum Gasteiger partial charge on any atom is -0.308 e. The number of para-hydroxylation sites is 3. The van der Waals surface area contributed by atoms with E-state index in [2.05, 4.69) is 282 Å². The van der Waals surface area contributed by atoms with Crippen molar-refractivity contribution in [3.63, 3.8) is 0 Å². The van der Waals surface area contributed by atoms with Crippen molar-refractivity contribution in [1.82, 2.24) is 24.9 Å². The van der Waals surface area contributed by atoms with Gasteiger partial charge in [-0.05, 0) is 107 Å². The van der Waals surface area contributed by atoms with E-state index in [1.54, 1.807) is 0 Å². The van der Waals surface area contributed by atoms with Gasteiger partial charge in [-0.1, -0.05) is 184 Å². The molecule has 0 N–H and O–H groups in total. The molecule has 0 atom stereocenters. The summed E-state index contributed by atoms with van der Waals surface area (Å²) in [5, 5.41) is 12.6. The van der Waals surface area contributed by atoms with Crippen LogP contribution < -0.4 is 19.6 Å². The highest BCUT2D eigenvalue weighted by Crippen LogP contribution is 2.58. The molecule has 0 saturated carbocycles. The molecule has 0 radical (unpaired) electrons. The molecule has 11 aromatic carbocycles. The van der Waals surface area contributed by atoms with Crippen LogP contribution in [-0.2, 0) is 5.41 Å². The van der Waals surface area contributed by atoms with Gasteiger partial charge in [-0.25, -0.2) is 4.98 Å². The molecule has 9 nitrogen and oxygen atoms in total. The highest BCUT2D eigenvalue weighted by molar-refractivity contribution is 6.26. The normalized spacial score (nSPS) is 12.4. The van der Waals surface area contributed by atoms with E-state index in [9.17, 15) is 0 Å². The second-order valence-corrected chi connectivity index (χ2v) is 23.8. The largest absolute Gasteiger partial charge is 0.308 e. The fourth-order valence-electron chi connectivity index (χ4n) is 14.1. The minimum absolute atomic E-state index is 0.494. The van der Waals surface area contributed by atoms with Crippen LogP contribution in [0.4, 0.5) is 68.4 Å². The summed E-state index contributed by atoms with van der Waals surface area (Å²) < 4.78 is 0. The van der Waals surface area contributed by atoms with E-state index in [1.165, 1.54) is 16.7 Å². The number of pyridine rings is 5. The monoisotopic (exact) mass is 1170 g/mol. The molecular formula is C82H57N9. The number of anilines is 12.